The number of nitrogens with zero attached hydrogens (tertiary/aromatic N) is 2. The molecule has 0 saturated heterocycles. The fourth-order valence-corrected chi connectivity index (χ4v) is 2.78. The summed E-state index contributed by atoms with van der Waals surface area (Å²) in [6.07, 6.45) is 3.32. The van der Waals surface area contributed by atoms with Crippen LogP contribution < -0.4 is 14.8 Å². The summed E-state index contributed by atoms with van der Waals surface area (Å²) in [5, 5.41) is 2.87. The molecular weight excluding hydrogens is 400 g/mol. The second-order valence-electron chi connectivity index (χ2n) is 5.34. The fourth-order valence-electron chi connectivity index (χ4n) is 2.47. The number of benzene rings is 1. The number of pyridine rings is 1. The van der Waals surface area contributed by atoms with Crippen LogP contribution in [0.5, 0.6) is 11.5 Å². The first-order chi connectivity index (χ1) is 12.6. The molecule has 0 unspecified atom stereocenters. The lowest BCUT2D eigenvalue weighted by atomic mass is 10.1. The number of amides is 1. The highest BCUT2D eigenvalue weighted by atomic mass is 79.9. The van der Waals surface area contributed by atoms with E-state index in [4.69, 9.17) is 9.47 Å². The number of aromatic amines is 1. The van der Waals surface area contributed by atoms with Gasteiger partial charge in [-0.15, -0.1) is 0 Å². The lowest BCUT2D eigenvalue weighted by Gasteiger charge is -2.11. The van der Waals surface area contributed by atoms with Crippen molar-refractivity contribution in [2.24, 2.45) is 0 Å². The predicted octanol–water partition coefficient (Wildman–Crippen LogP) is 3.18. The van der Waals surface area contributed by atoms with Crippen LogP contribution in [0.25, 0.3) is 11.4 Å². The summed E-state index contributed by atoms with van der Waals surface area (Å²) >= 11 is 3.31. The number of nitrogens with one attached hydrogen (secondary N) is 2. The van der Waals surface area contributed by atoms with Crippen molar-refractivity contribution in [3.8, 4) is 22.9 Å². The van der Waals surface area contributed by atoms with E-state index in [0.29, 0.717) is 34.0 Å². The predicted molar refractivity (Wildman–Crippen MR) is 100 cm³/mol. The zero-order valence-electron chi connectivity index (χ0n) is 14.2. The summed E-state index contributed by atoms with van der Waals surface area (Å²) in [6.45, 7) is 0.324. The molecule has 0 aliphatic carbocycles. The number of methoxy groups -OCH3 is 2. The lowest BCUT2D eigenvalue weighted by molar-refractivity contribution is 0.0946. The third-order valence-electron chi connectivity index (χ3n) is 3.73. The molecule has 1 aromatic carbocycles. The van der Waals surface area contributed by atoms with Crippen LogP contribution in [0, 0.1) is 0 Å². The molecule has 0 saturated carbocycles. The van der Waals surface area contributed by atoms with Crippen molar-refractivity contribution in [3.05, 3.63) is 58.6 Å². The molecule has 3 rings (SSSR count). The average molecular weight is 417 g/mol. The highest BCUT2D eigenvalue weighted by Crippen LogP contribution is 2.27. The van der Waals surface area contributed by atoms with Crippen LogP contribution in [-0.2, 0) is 6.54 Å². The Kier molecular flexibility index (Phi) is 5.52. The molecule has 134 valence electrons. The number of ether oxygens (including phenoxy) is 2. The van der Waals surface area contributed by atoms with E-state index in [9.17, 15) is 4.79 Å². The molecule has 0 fully saturated rings. The van der Waals surface area contributed by atoms with Crippen molar-refractivity contribution in [1.29, 1.82) is 0 Å². The minimum atomic E-state index is -0.299. The molecule has 2 N–H and O–H groups in total. The van der Waals surface area contributed by atoms with E-state index >= 15 is 0 Å². The standard InChI is InChI=1S/C18H17BrN4O3/c1-25-13-5-3-11(9-14(13)26-2)10-22-18(24)16-12(4-6-15(19)23-16)17-20-7-8-21-17/h3-9H,10H2,1-2H3,(H,20,21)(H,22,24). The number of rotatable bonds is 6. The number of halogens is 1. The topological polar surface area (TPSA) is 89.1 Å². The maximum Gasteiger partial charge on any atom is 0.270 e. The van der Waals surface area contributed by atoms with Crippen LogP contribution in [0.1, 0.15) is 16.1 Å². The Morgan fingerprint density at radius 3 is 2.69 bits per heavy atom. The molecule has 2 heterocycles. The largest absolute Gasteiger partial charge is 0.493 e. The number of hydrogen-bond donors (Lipinski definition) is 2. The molecular formula is C18H17BrN4O3. The first kappa shape index (κ1) is 17.9. The second kappa shape index (κ2) is 8.01. The van der Waals surface area contributed by atoms with Crippen molar-refractivity contribution < 1.29 is 14.3 Å². The van der Waals surface area contributed by atoms with Crippen molar-refractivity contribution in [1.82, 2.24) is 20.3 Å². The van der Waals surface area contributed by atoms with Crippen molar-refractivity contribution in [3.63, 3.8) is 0 Å². The molecule has 7 nitrogen and oxygen atoms in total. The zero-order chi connectivity index (χ0) is 18.5. The van der Waals surface area contributed by atoms with Gasteiger partial charge in [0.05, 0.1) is 14.2 Å². The highest BCUT2D eigenvalue weighted by molar-refractivity contribution is 9.10. The molecule has 0 bridgehead atoms. The van der Waals surface area contributed by atoms with Gasteiger partial charge in [-0.2, -0.15) is 0 Å². The quantitative estimate of drug-likeness (QED) is 0.602. The Balaban J connectivity index is 1.80. The number of hydrogen-bond acceptors (Lipinski definition) is 5. The van der Waals surface area contributed by atoms with E-state index < -0.39 is 0 Å². The SMILES string of the molecule is COc1ccc(CNC(=O)c2nc(Br)ccc2-c2ncc[nH]2)cc1OC. The smallest absolute Gasteiger partial charge is 0.270 e. The molecule has 3 aromatic rings. The fraction of sp³-hybridized carbons (Fsp3) is 0.167. The minimum absolute atomic E-state index is 0.287. The van der Waals surface area contributed by atoms with Gasteiger partial charge in [-0.25, -0.2) is 9.97 Å². The van der Waals surface area contributed by atoms with Crippen LogP contribution >= 0.6 is 15.9 Å². The number of aromatic nitrogens is 3. The molecule has 0 aliphatic heterocycles. The van der Waals surface area contributed by atoms with Gasteiger partial charge in [0, 0.05) is 24.5 Å². The molecule has 26 heavy (non-hydrogen) atoms. The molecule has 2 aromatic heterocycles. The molecule has 0 aliphatic rings. The van der Waals surface area contributed by atoms with Gasteiger partial charge < -0.3 is 19.8 Å². The Morgan fingerprint density at radius 1 is 1.19 bits per heavy atom. The molecule has 0 atom stereocenters. The normalized spacial score (nSPS) is 10.4. The van der Waals surface area contributed by atoms with Gasteiger partial charge in [-0.05, 0) is 45.8 Å². The molecule has 8 heteroatoms. The van der Waals surface area contributed by atoms with Gasteiger partial charge in [-0.3, -0.25) is 4.79 Å². The van der Waals surface area contributed by atoms with Crippen LogP contribution in [0.4, 0.5) is 0 Å². The van der Waals surface area contributed by atoms with E-state index in [1.807, 2.05) is 12.1 Å². The van der Waals surface area contributed by atoms with E-state index in [1.165, 1.54) is 0 Å². The van der Waals surface area contributed by atoms with Gasteiger partial charge in [0.25, 0.3) is 5.91 Å². The molecule has 0 spiro atoms. The highest BCUT2D eigenvalue weighted by Gasteiger charge is 2.17. The van der Waals surface area contributed by atoms with E-state index in [2.05, 4.69) is 36.2 Å². The van der Waals surface area contributed by atoms with Crippen LogP contribution in [0.3, 0.4) is 0 Å². The van der Waals surface area contributed by atoms with Gasteiger partial charge >= 0.3 is 0 Å². The maximum absolute atomic E-state index is 12.7. The summed E-state index contributed by atoms with van der Waals surface area (Å²) in [5.41, 5.74) is 1.79. The number of H-pyrrole nitrogens is 1. The third kappa shape index (κ3) is 3.85. The maximum atomic E-state index is 12.7. The van der Waals surface area contributed by atoms with E-state index in [1.54, 1.807) is 44.8 Å². The van der Waals surface area contributed by atoms with Crippen molar-refractivity contribution >= 4 is 21.8 Å². The summed E-state index contributed by atoms with van der Waals surface area (Å²) in [7, 11) is 3.15. The Labute approximate surface area is 158 Å². The van der Waals surface area contributed by atoms with E-state index in [-0.39, 0.29) is 11.6 Å². The number of carbonyl (C=O) groups excluding carboxylic acids is 1. The Bertz CT molecular complexity index is 913. The van der Waals surface area contributed by atoms with Gasteiger partial charge in [0.1, 0.15) is 16.1 Å². The molecule has 0 radical (unpaired) electrons. The van der Waals surface area contributed by atoms with E-state index in [0.717, 1.165) is 5.56 Å². The molecule has 1 amide bonds. The second-order valence-corrected chi connectivity index (χ2v) is 6.15. The average Bonchev–Trinajstić information content (AvgIpc) is 3.20. The summed E-state index contributed by atoms with van der Waals surface area (Å²) in [5.74, 6) is 1.53. The van der Waals surface area contributed by atoms with Gasteiger partial charge in [0.15, 0.2) is 11.5 Å². The third-order valence-corrected chi connectivity index (χ3v) is 4.17. The number of imidazole rings is 1. The minimum Gasteiger partial charge on any atom is -0.493 e. The van der Waals surface area contributed by atoms with Crippen LogP contribution in [0.2, 0.25) is 0 Å². The Morgan fingerprint density at radius 2 is 2.00 bits per heavy atom. The van der Waals surface area contributed by atoms with Crippen LogP contribution in [0.15, 0.2) is 47.3 Å². The summed E-state index contributed by atoms with van der Waals surface area (Å²) in [6, 6.07) is 9.04. The number of carbonyl (C=O) groups is 1. The first-order valence-electron chi connectivity index (χ1n) is 7.77. The monoisotopic (exact) mass is 416 g/mol. The van der Waals surface area contributed by atoms with Crippen molar-refractivity contribution in [2.45, 2.75) is 6.54 Å². The first-order valence-corrected chi connectivity index (χ1v) is 8.57. The Hall–Kier alpha value is -2.87. The summed E-state index contributed by atoms with van der Waals surface area (Å²) in [4.78, 5) is 24.2. The lowest BCUT2D eigenvalue weighted by Crippen LogP contribution is -2.24. The van der Waals surface area contributed by atoms with Crippen LogP contribution in [-0.4, -0.2) is 35.1 Å². The van der Waals surface area contributed by atoms with Gasteiger partial charge in [0.2, 0.25) is 0 Å². The van der Waals surface area contributed by atoms with Crippen molar-refractivity contribution in [2.75, 3.05) is 14.2 Å². The zero-order valence-corrected chi connectivity index (χ0v) is 15.8. The summed E-state index contributed by atoms with van der Waals surface area (Å²) < 4.78 is 11.1. The van der Waals surface area contributed by atoms with Gasteiger partial charge in [-0.1, -0.05) is 6.07 Å².